The summed E-state index contributed by atoms with van der Waals surface area (Å²) in [7, 11) is 0. The van der Waals surface area contributed by atoms with Gasteiger partial charge in [0.15, 0.2) is 0 Å². The minimum atomic E-state index is 0.696. The van der Waals surface area contributed by atoms with Crippen molar-refractivity contribution in [3.05, 3.63) is 0 Å². The van der Waals surface area contributed by atoms with Crippen molar-refractivity contribution in [2.24, 2.45) is 5.92 Å². The van der Waals surface area contributed by atoms with Crippen LogP contribution in [0.15, 0.2) is 0 Å². The van der Waals surface area contributed by atoms with Gasteiger partial charge in [-0.3, -0.25) is 0 Å². The lowest BCUT2D eigenvalue weighted by Gasteiger charge is -2.14. The normalized spacial score (nSPS) is 22.7. The molecule has 0 atom stereocenters. The van der Waals surface area contributed by atoms with Crippen LogP contribution in [0.1, 0.15) is 77.0 Å². The molecule has 0 heterocycles. The summed E-state index contributed by atoms with van der Waals surface area (Å²) < 4.78 is 0. The molecule has 0 spiro atoms. The summed E-state index contributed by atoms with van der Waals surface area (Å²) in [4.78, 5) is 10.5. The Bertz CT molecular complexity index is 141. The summed E-state index contributed by atoms with van der Waals surface area (Å²) in [5.74, 6) is 0.696. The molecule has 1 aliphatic rings. The minimum absolute atomic E-state index is 0.696. The highest BCUT2D eigenvalue weighted by molar-refractivity contribution is 5.49. The second-order valence-corrected chi connectivity index (χ2v) is 5.03. The Morgan fingerprint density at radius 2 is 1.13 bits per heavy atom. The summed E-state index contributed by atoms with van der Waals surface area (Å²) in [5.41, 5.74) is 0. The average Bonchev–Trinajstić information content (AvgIpc) is 2.22. The zero-order valence-corrected chi connectivity index (χ0v) is 10.0. The van der Waals surface area contributed by atoms with Gasteiger partial charge in [-0.2, -0.15) is 0 Å². The summed E-state index contributed by atoms with van der Waals surface area (Å²) in [6.45, 7) is 0. The van der Waals surface area contributed by atoms with Gasteiger partial charge in [0.25, 0.3) is 0 Å². The molecule has 0 bridgehead atoms. The molecule has 0 aliphatic heterocycles. The van der Waals surface area contributed by atoms with Crippen LogP contribution >= 0.6 is 0 Å². The third kappa shape index (κ3) is 6.70. The van der Waals surface area contributed by atoms with Crippen LogP contribution < -0.4 is 0 Å². The van der Waals surface area contributed by atoms with Crippen LogP contribution in [0.5, 0.6) is 0 Å². The third-order valence-corrected chi connectivity index (χ3v) is 3.65. The van der Waals surface area contributed by atoms with Crippen LogP contribution in [0.3, 0.4) is 0 Å². The number of hydrogen-bond acceptors (Lipinski definition) is 1. The molecule has 1 nitrogen and oxygen atoms in total. The van der Waals surface area contributed by atoms with E-state index >= 15 is 0 Å². The van der Waals surface area contributed by atoms with Crippen LogP contribution in [0, 0.1) is 5.92 Å². The predicted molar refractivity (Wildman–Crippen MR) is 65.0 cm³/mol. The van der Waals surface area contributed by atoms with Gasteiger partial charge in [-0.05, 0) is 5.92 Å². The molecular formula is C14H26O. The molecule has 0 aromatic carbocycles. The number of carbonyl (C=O) groups is 1. The van der Waals surface area contributed by atoms with Crippen LogP contribution in [0.4, 0.5) is 0 Å². The zero-order valence-electron chi connectivity index (χ0n) is 10.0. The number of aldehydes is 1. The van der Waals surface area contributed by atoms with Crippen molar-refractivity contribution < 1.29 is 4.79 Å². The second kappa shape index (κ2) is 8.94. The molecule has 1 heteroatoms. The SMILES string of the molecule is O=CCC1CCCCCCCCCCC1. The molecular weight excluding hydrogens is 184 g/mol. The van der Waals surface area contributed by atoms with Crippen molar-refractivity contribution in [1.29, 1.82) is 0 Å². The standard InChI is InChI=1S/C14H26O/c15-13-12-14-10-8-6-4-2-1-3-5-7-9-11-14/h13-14H,1-12H2. The Labute approximate surface area is 94.6 Å². The quantitative estimate of drug-likeness (QED) is 0.613. The van der Waals surface area contributed by atoms with Gasteiger partial charge in [0.05, 0.1) is 0 Å². The maximum atomic E-state index is 10.5. The Kier molecular flexibility index (Phi) is 7.59. The molecule has 1 fully saturated rings. The van der Waals surface area contributed by atoms with Gasteiger partial charge in [0.1, 0.15) is 6.29 Å². The van der Waals surface area contributed by atoms with E-state index in [0.29, 0.717) is 5.92 Å². The lowest BCUT2D eigenvalue weighted by molar-refractivity contribution is -0.108. The van der Waals surface area contributed by atoms with Crippen molar-refractivity contribution in [3.8, 4) is 0 Å². The summed E-state index contributed by atoms with van der Waals surface area (Å²) in [6.07, 6.45) is 17.1. The van der Waals surface area contributed by atoms with E-state index < -0.39 is 0 Å². The van der Waals surface area contributed by atoms with Gasteiger partial charge in [0.2, 0.25) is 0 Å². The first-order valence-electron chi connectivity index (χ1n) is 6.87. The molecule has 0 aromatic heterocycles. The van der Waals surface area contributed by atoms with Gasteiger partial charge in [-0.15, -0.1) is 0 Å². The van der Waals surface area contributed by atoms with E-state index in [1.165, 1.54) is 70.6 Å². The van der Waals surface area contributed by atoms with Crippen LogP contribution in [0.25, 0.3) is 0 Å². The molecule has 88 valence electrons. The average molecular weight is 210 g/mol. The van der Waals surface area contributed by atoms with Gasteiger partial charge < -0.3 is 4.79 Å². The van der Waals surface area contributed by atoms with Crippen LogP contribution in [0.2, 0.25) is 0 Å². The number of hydrogen-bond donors (Lipinski definition) is 0. The molecule has 0 N–H and O–H groups in total. The van der Waals surface area contributed by atoms with Crippen molar-refractivity contribution in [2.75, 3.05) is 0 Å². The molecule has 0 aromatic rings. The van der Waals surface area contributed by atoms with Gasteiger partial charge in [-0.1, -0.05) is 70.6 Å². The largest absolute Gasteiger partial charge is 0.303 e. The fourth-order valence-electron chi connectivity index (χ4n) is 2.62. The summed E-state index contributed by atoms with van der Waals surface area (Å²) in [6, 6.07) is 0. The third-order valence-electron chi connectivity index (χ3n) is 3.65. The van der Waals surface area contributed by atoms with Crippen LogP contribution in [-0.2, 0) is 4.79 Å². The molecule has 0 saturated heterocycles. The maximum absolute atomic E-state index is 10.5. The van der Waals surface area contributed by atoms with Gasteiger partial charge in [-0.25, -0.2) is 0 Å². The molecule has 0 radical (unpaired) electrons. The highest BCUT2D eigenvalue weighted by Gasteiger charge is 2.08. The molecule has 0 unspecified atom stereocenters. The summed E-state index contributed by atoms with van der Waals surface area (Å²) in [5, 5.41) is 0. The van der Waals surface area contributed by atoms with Crippen molar-refractivity contribution >= 4 is 6.29 Å². The van der Waals surface area contributed by atoms with E-state index in [2.05, 4.69) is 0 Å². The Morgan fingerprint density at radius 3 is 1.53 bits per heavy atom. The van der Waals surface area contributed by atoms with Crippen LogP contribution in [-0.4, -0.2) is 6.29 Å². The van der Waals surface area contributed by atoms with E-state index in [0.717, 1.165) is 12.7 Å². The first kappa shape index (κ1) is 12.7. The van der Waals surface area contributed by atoms with Crippen molar-refractivity contribution in [1.82, 2.24) is 0 Å². The molecule has 15 heavy (non-hydrogen) atoms. The van der Waals surface area contributed by atoms with Crippen molar-refractivity contribution in [3.63, 3.8) is 0 Å². The first-order valence-corrected chi connectivity index (χ1v) is 6.87. The zero-order chi connectivity index (χ0) is 10.8. The lowest BCUT2D eigenvalue weighted by Crippen LogP contribution is -2.02. The smallest absolute Gasteiger partial charge is 0.120 e. The molecule has 1 saturated carbocycles. The number of rotatable bonds is 2. The van der Waals surface area contributed by atoms with Gasteiger partial charge in [0, 0.05) is 6.42 Å². The maximum Gasteiger partial charge on any atom is 0.120 e. The highest BCUT2D eigenvalue weighted by Crippen LogP contribution is 2.22. The first-order chi connectivity index (χ1) is 7.43. The topological polar surface area (TPSA) is 17.1 Å². The van der Waals surface area contributed by atoms with Crippen molar-refractivity contribution in [2.45, 2.75) is 77.0 Å². The van der Waals surface area contributed by atoms with E-state index in [9.17, 15) is 4.79 Å². The molecule has 0 amide bonds. The minimum Gasteiger partial charge on any atom is -0.303 e. The fraction of sp³-hybridized carbons (Fsp3) is 0.929. The van der Waals surface area contributed by atoms with E-state index in [1.807, 2.05) is 0 Å². The highest BCUT2D eigenvalue weighted by atomic mass is 16.1. The Morgan fingerprint density at radius 1 is 0.733 bits per heavy atom. The van der Waals surface area contributed by atoms with E-state index in [4.69, 9.17) is 0 Å². The summed E-state index contributed by atoms with van der Waals surface area (Å²) >= 11 is 0. The Hall–Kier alpha value is -0.330. The van der Waals surface area contributed by atoms with Gasteiger partial charge >= 0.3 is 0 Å². The van der Waals surface area contributed by atoms with E-state index in [-0.39, 0.29) is 0 Å². The fourth-order valence-corrected chi connectivity index (χ4v) is 2.62. The monoisotopic (exact) mass is 210 g/mol. The molecule has 1 rings (SSSR count). The van der Waals surface area contributed by atoms with E-state index in [1.54, 1.807) is 0 Å². The second-order valence-electron chi connectivity index (χ2n) is 5.03. The Balaban J connectivity index is 2.22. The predicted octanol–water partition coefficient (Wildman–Crippen LogP) is 4.50. The lowest BCUT2D eigenvalue weighted by atomic mass is 9.91. The number of carbonyl (C=O) groups excluding carboxylic acids is 1. The molecule has 1 aliphatic carbocycles.